The second-order valence-electron chi connectivity index (χ2n) is 5.64. The van der Waals surface area contributed by atoms with Crippen LogP contribution in [-0.2, 0) is 30.3 Å². The molecule has 144 valence electrons. The highest BCUT2D eigenvalue weighted by Gasteiger charge is 2.31. The van der Waals surface area contributed by atoms with Crippen LogP contribution in [0.1, 0.15) is 26.0 Å². The molecule has 1 amide bonds. The van der Waals surface area contributed by atoms with Crippen molar-refractivity contribution in [2.24, 2.45) is 0 Å². The highest BCUT2D eigenvalue weighted by molar-refractivity contribution is 6.02. The molecule has 1 aromatic heterocycles. The van der Waals surface area contributed by atoms with E-state index in [1.54, 1.807) is 19.9 Å². The second-order valence-corrected chi connectivity index (χ2v) is 5.64. The van der Waals surface area contributed by atoms with Gasteiger partial charge in [0.2, 0.25) is 11.9 Å². The van der Waals surface area contributed by atoms with Crippen molar-refractivity contribution >= 4 is 17.8 Å². The average molecular weight is 373 g/mol. The first kappa shape index (κ1) is 20.2. The molecule has 0 aliphatic rings. The van der Waals surface area contributed by atoms with E-state index in [4.69, 9.17) is 13.9 Å². The minimum Gasteiger partial charge on any atom is -0.464 e. The summed E-state index contributed by atoms with van der Waals surface area (Å²) in [5.74, 6) is -0.809. The van der Waals surface area contributed by atoms with E-state index in [1.165, 1.54) is 0 Å². The molecule has 0 radical (unpaired) electrons. The Hall–Kier alpha value is -3.09. The Balaban J connectivity index is 1.93. The van der Waals surface area contributed by atoms with E-state index in [0.717, 1.165) is 5.56 Å². The molecule has 1 heterocycles. The zero-order valence-corrected chi connectivity index (χ0v) is 15.4. The van der Waals surface area contributed by atoms with Crippen LogP contribution >= 0.6 is 0 Å². The number of hydrogen-bond donors (Lipinski definition) is 1. The summed E-state index contributed by atoms with van der Waals surface area (Å²) in [6, 6.07) is 11.8. The number of hydrogen-bond acceptors (Lipinski definition) is 6. The Morgan fingerprint density at radius 2 is 1.59 bits per heavy atom. The molecule has 0 saturated carbocycles. The Labute approximate surface area is 157 Å². The molecule has 0 aliphatic carbocycles. The van der Waals surface area contributed by atoms with Gasteiger partial charge in [0, 0.05) is 18.4 Å². The normalized spacial score (nSPS) is 10.5. The molecule has 0 bridgehead atoms. The second kappa shape index (κ2) is 10.2. The molecule has 1 aromatic carbocycles. The van der Waals surface area contributed by atoms with Crippen LogP contribution in [0.5, 0.6) is 0 Å². The van der Waals surface area contributed by atoms with Crippen LogP contribution in [0.15, 0.2) is 46.9 Å². The van der Waals surface area contributed by atoms with E-state index >= 15 is 0 Å². The fourth-order valence-corrected chi connectivity index (χ4v) is 2.40. The summed E-state index contributed by atoms with van der Waals surface area (Å²) in [6.45, 7) is 3.42. The smallest absolute Gasteiger partial charge is 0.340 e. The van der Waals surface area contributed by atoms with Crippen LogP contribution < -0.4 is 5.32 Å². The molecule has 1 N–H and O–H groups in total. The number of benzene rings is 1. The number of carbonyl (C=O) groups is 3. The Morgan fingerprint density at radius 1 is 0.963 bits per heavy atom. The number of furan rings is 1. The predicted octanol–water partition coefficient (Wildman–Crippen LogP) is 2.49. The van der Waals surface area contributed by atoms with Crippen LogP contribution in [0, 0.1) is 0 Å². The van der Waals surface area contributed by atoms with Gasteiger partial charge in [0.25, 0.3) is 0 Å². The predicted molar refractivity (Wildman–Crippen MR) is 97.7 cm³/mol. The summed E-state index contributed by atoms with van der Waals surface area (Å²) in [4.78, 5) is 35.9. The third-order valence-corrected chi connectivity index (χ3v) is 3.67. The molecule has 0 saturated heterocycles. The topological polar surface area (TPSA) is 94.8 Å². The fraction of sp³-hybridized carbons (Fsp3) is 0.350. The number of aryl methyl sites for hydroxylation is 1. The van der Waals surface area contributed by atoms with E-state index in [1.807, 2.05) is 36.4 Å². The van der Waals surface area contributed by atoms with Gasteiger partial charge in [-0.2, -0.15) is 0 Å². The maximum Gasteiger partial charge on any atom is 0.340 e. The molecule has 0 atom stereocenters. The lowest BCUT2D eigenvalue weighted by Crippen LogP contribution is -2.48. The highest BCUT2D eigenvalue weighted by atomic mass is 16.6. The largest absolute Gasteiger partial charge is 0.464 e. The molecule has 0 fully saturated rings. The summed E-state index contributed by atoms with van der Waals surface area (Å²) in [5, 5.41) is 2.37. The van der Waals surface area contributed by atoms with Crippen molar-refractivity contribution in [1.82, 2.24) is 5.32 Å². The number of nitrogens with one attached hydrogen (secondary N) is 1. The van der Waals surface area contributed by atoms with Crippen LogP contribution in [0.25, 0.3) is 11.3 Å². The number of esters is 2. The number of carbonyl (C=O) groups excluding carboxylic acids is 3. The van der Waals surface area contributed by atoms with Gasteiger partial charge in [0.05, 0.1) is 13.2 Å². The molecule has 2 rings (SSSR count). The van der Waals surface area contributed by atoms with Gasteiger partial charge in [-0.05, 0) is 26.0 Å². The summed E-state index contributed by atoms with van der Waals surface area (Å²) < 4.78 is 15.4. The van der Waals surface area contributed by atoms with E-state index in [0.29, 0.717) is 17.9 Å². The maximum absolute atomic E-state index is 12.2. The maximum atomic E-state index is 12.2. The first-order valence-corrected chi connectivity index (χ1v) is 8.81. The van der Waals surface area contributed by atoms with Crippen molar-refractivity contribution in [3.63, 3.8) is 0 Å². The van der Waals surface area contributed by atoms with Crippen LogP contribution in [-0.4, -0.2) is 37.1 Å². The minimum absolute atomic E-state index is 0.0526. The zero-order valence-electron chi connectivity index (χ0n) is 15.4. The molecule has 2 aromatic rings. The van der Waals surface area contributed by atoms with Crippen LogP contribution in [0.3, 0.4) is 0 Å². The third kappa shape index (κ3) is 5.99. The quantitative estimate of drug-likeness (QED) is 0.536. The van der Waals surface area contributed by atoms with E-state index in [-0.39, 0.29) is 19.6 Å². The summed E-state index contributed by atoms with van der Waals surface area (Å²) in [7, 11) is 0. The van der Waals surface area contributed by atoms with Crippen molar-refractivity contribution in [2.45, 2.75) is 32.7 Å². The Morgan fingerprint density at radius 3 is 2.19 bits per heavy atom. The van der Waals surface area contributed by atoms with E-state index in [2.05, 4.69) is 5.32 Å². The SMILES string of the molecule is CCOC(=O)C(NC(=O)CCc1ccc(-c2ccccc2)o1)C(=O)OCC. The van der Waals surface area contributed by atoms with Crippen molar-refractivity contribution in [1.29, 1.82) is 0 Å². The number of rotatable bonds is 9. The summed E-state index contributed by atoms with van der Waals surface area (Å²) in [5.41, 5.74) is 0.942. The van der Waals surface area contributed by atoms with E-state index in [9.17, 15) is 14.4 Å². The lowest BCUT2D eigenvalue weighted by molar-refractivity contribution is -0.159. The van der Waals surface area contributed by atoms with Crippen molar-refractivity contribution < 1.29 is 28.3 Å². The number of ether oxygens (including phenoxy) is 2. The monoisotopic (exact) mass is 373 g/mol. The summed E-state index contributed by atoms with van der Waals surface area (Å²) >= 11 is 0. The lowest BCUT2D eigenvalue weighted by atomic mass is 10.2. The molecule has 27 heavy (non-hydrogen) atoms. The summed E-state index contributed by atoms with van der Waals surface area (Å²) in [6.07, 6.45) is 0.383. The van der Waals surface area contributed by atoms with Crippen LogP contribution in [0.4, 0.5) is 0 Å². The number of amides is 1. The minimum atomic E-state index is -1.46. The van der Waals surface area contributed by atoms with Gasteiger partial charge in [-0.15, -0.1) is 0 Å². The van der Waals surface area contributed by atoms with Gasteiger partial charge < -0.3 is 19.2 Å². The average Bonchev–Trinajstić information content (AvgIpc) is 3.14. The first-order chi connectivity index (χ1) is 13.0. The molecule has 0 aliphatic heterocycles. The van der Waals surface area contributed by atoms with Crippen molar-refractivity contribution in [2.75, 3.05) is 13.2 Å². The van der Waals surface area contributed by atoms with Gasteiger partial charge in [0.1, 0.15) is 11.5 Å². The lowest BCUT2D eigenvalue weighted by Gasteiger charge is -2.15. The van der Waals surface area contributed by atoms with Gasteiger partial charge in [-0.25, -0.2) is 9.59 Å². The van der Waals surface area contributed by atoms with Gasteiger partial charge in [-0.3, -0.25) is 4.79 Å². The third-order valence-electron chi connectivity index (χ3n) is 3.67. The molecule has 7 nitrogen and oxygen atoms in total. The van der Waals surface area contributed by atoms with Gasteiger partial charge >= 0.3 is 11.9 Å². The van der Waals surface area contributed by atoms with Gasteiger partial charge in [0.15, 0.2) is 0 Å². The Bertz CT molecular complexity index is 750. The molecule has 0 spiro atoms. The first-order valence-electron chi connectivity index (χ1n) is 8.81. The molecular formula is C20H23NO6. The standard InChI is InChI=1S/C20H23NO6/c1-3-25-19(23)18(20(24)26-4-2)21-17(22)13-11-15-10-12-16(27-15)14-8-6-5-7-9-14/h5-10,12,18H,3-4,11,13H2,1-2H3,(H,21,22). The van der Waals surface area contributed by atoms with Gasteiger partial charge in [-0.1, -0.05) is 30.3 Å². The molecule has 0 unspecified atom stereocenters. The highest BCUT2D eigenvalue weighted by Crippen LogP contribution is 2.22. The van der Waals surface area contributed by atoms with Crippen molar-refractivity contribution in [3.8, 4) is 11.3 Å². The van der Waals surface area contributed by atoms with Crippen LogP contribution in [0.2, 0.25) is 0 Å². The molecule has 7 heteroatoms. The van der Waals surface area contributed by atoms with Crippen molar-refractivity contribution in [3.05, 3.63) is 48.2 Å². The molecular weight excluding hydrogens is 350 g/mol. The zero-order chi connectivity index (χ0) is 19.6. The van der Waals surface area contributed by atoms with E-state index < -0.39 is 23.9 Å². The Kier molecular flexibility index (Phi) is 7.61. The fourth-order valence-electron chi connectivity index (χ4n) is 2.40.